The van der Waals surface area contributed by atoms with Crippen molar-refractivity contribution < 1.29 is 13.5 Å². The van der Waals surface area contributed by atoms with Crippen molar-refractivity contribution in [1.29, 1.82) is 0 Å². The SMILES string of the molecule is Cn1cc(CCO)c2cc(CCS(N)(=O)=O)ccc21. The first-order chi connectivity index (χ1) is 8.90. The normalized spacial score (nSPS) is 12.2. The predicted octanol–water partition coefficient (Wildman–Crippen LogP) is 0.544. The minimum Gasteiger partial charge on any atom is -0.396 e. The van der Waals surface area contributed by atoms with Gasteiger partial charge in [-0.2, -0.15) is 0 Å². The molecule has 0 spiro atoms. The van der Waals surface area contributed by atoms with Gasteiger partial charge in [0.05, 0.1) is 5.75 Å². The summed E-state index contributed by atoms with van der Waals surface area (Å²) in [5.41, 5.74) is 3.08. The Labute approximate surface area is 112 Å². The smallest absolute Gasteiger partial charge is 0.209 e. The molecular formula is C13H18N2O3S. The third-order valence-electron chi connectivity index (χ3n) is 3.19. The van der Waals surface area contributed by atoms with Crippen molar-refractivity contribution in [1.82, 2.24) is 4.57 Å². The molecule has 1 aromatic heterocycles. The lowest BCUT2D eigenvalue weighted by Gasteiger charge is -2.03. The summed E-state index contributed by atoms with van der Waals surface area (Å²) in [6, 6.07) is 5.86. The van der Waals surface area contributed by atoms with Crippen molar-refractivity contribution in [2.45, 2.75) is 12.8 Å². The zero-order valence-electron chi connectivity index (χ0n) is 10.8. The van der Waals surface area contributed by atoms with Crippen molar-refractivity contribution in [2.24, 2.45) is 12.2 Å². The fourth-order valence-electron chi connectivity index (χ4n) is 2.26. The van der Waals surface area contributed by atoms with Crippen LogP contribution in [-0.2, 0) is 29.9 Å². The summed E-state index contributed by atoms with van der Waals surface area (Å²) in [5.74, 6) is -0.0549. The maximum Gasteiger partial charge on any atom is 0.209 e. The Balaban J connectivity index is 2.35. The van der Waals surface area contributed by atoms with Gasteiger partial charge in [0, 0.05) is 30.8 Å². The van der Waals surface area contributed by atoms with Crippen LogP contribution in [-0.4, -0.2) is 30.5 Å². The predicted molar refractivity (Wildman–Crippen MR) is 75.4 cm³/mol. The average Bonchev–Trinajstić information content (AvgIpc) is 2.63. The fraction of sp³-hybridized carbons (Fsp3) is 0.385. The van der Waals surface area contributed by atoms with Crippen molar-refractivity contribution in [3.8, 4) is 0 Å². The van der Waals surface area contributed by atoms with Crippen molar-refractivity contribution >= 4 is 20.9 Å². The van der Waals surface area contributed by atoms with Crippen LogP contribution in [0.4, 0.5) is 0 Å². The van der Waals surface area contributed by atoms with E-state index in [1.54, 1.807) is 0 Å². The maximum atomic E-state index is 11.0. The minimum absolute atomic E-state index is 0.0549. The number of aliphatic hydroxyl groups is 1. The van der Waals surface area contributed by atoms with Gasteiger partial charge in [-0.3, -0.25) is 0 Å². The van der Waals surface area contributed by atoms with Gasteiger partial charge < -0.3 is 9.67 Å². The standard InChI is InChI=1S/C13H18N2O3S/c1-15-9-11(4-6-16)12-8-10(2-3-13(12)15)5-7-19(14,17)18/h2-3,8-9,16H,4-7H2,1H3,(H2,14,17,18). The van der Waals surface area contributed by atoms with Crippen LogP contribution in [0.1, 0.15) is 11.1 Å². The van der Waals surface area contributed by atoms with Gasteiger partial charge in [-0.1, -0.05) is 6.07 Å². The Morgan fingerprint density at radius 1 is 1.32 bits per heavy atom. The highest BCUT2D eigenvalue weighted by Gasteiger charge is 2.09. The van der Waals surface area contributed by atoms with Crippen LogP contribution in [0.3, 0.4) is 0 Å². The van der Waals surface area contributed by atoms with Gasteiger partial charge in [-0.25, -0.2) is 13.6 Å². The number of hydrogen-bond acceptors (Lipinski definition) is 3. The second-order valence-corrected chi connectivity index (χ2v) is 6.44. The van der Waals surface area contributed by atoms with Gasteiger partial charge in [0.1, 0.15) is 0 Å². The number of hydrogen-bond donors (Lipinski definition) is 2. The van der Waals surface area contributed by atoms with Crippen molar-refractivity contribution in [3.63, 3.8) is 0 Å². The molecule has 1 aromatic carbocycles. The summed E-state index contributed by atoms with van der Waals surface area (Å²) < 4.78 is 24.0. The van der Waals surface area contributed by atoms with Crippen molar-refractivity contribution in [2.75, 3.05) is 12.4 Å². The number of fused-ring (bicyclic) bond motifs is 1. The molecule has 3 N–H and O–H groups in total. The molecule has 0 aliphatic rings. The van der Waals surface area contributed by atoms with E-state index < -0.39 is 10.0 Å². The molecule has 0 amide bonds. The molecule has 0 saturated heterocycles. The third-order valence-corrected chi connectivity index (χ3v) is 3.97. The first-order valence-corrected chi connectivity index (χ1v) is 7.80. The molecule has 0 bridgehead atoms. The first kappa shape index (κ1) is 14.0. The Hall–Kier alpha value is -1.37. The van der Waals surface area contributed by atoms with Crippen LogP contribution in [0.2, 0.25) is 0 Å². The zero-order chi connectivity index (χ0) is 14.0. The Morgan fingerprint density at radius 2 is 2.05 bits per heavy atom. The van der Waals surface area contributed by atoms with E-state index in [4.69, 9.17) is 10.2 Å². The van der Waals surface area contributed by atoms with Crippen LogP contribution in [0.25, 0.3) is 10.9 Å². The number of rotatable bonds is 5. The molecule has 104 valence electrons. The minimum atomic E-state index is -3.44. The highest BCUT2D eigenvalue weighted by atomic mass is 32.2. The van der Waals surface area contributed by atoms with Crippen LogP contribution < -0.4 is 5.14 Å². The van der Waals surface area contributed by atoms with E-state index >= 15 is 0 Å². The molecule has 0 radical (unpaired) electrons. The van der Waals surface area contributed by atoms with Gasteiger partial charge in [0.15, 0.2) is 0 Å². The summed E-state index contributed by atoms with van der Waals surface area (Å²) in [6.07, 6.45) is 2.99. The van der Waals surface area contributed by atoms with Gasteiger partial charge in [0.2, 0.25) is 10.0 Å². The number of nitrogens with two attached hydrogens (primary N) is 1. The zero-order valence-corrected chi connectivity index (χ0v) is 11.7. The van der Waals surface area contributed by atoms with Gasteiger partial charge >= 0.3 is 0 Å². The fourth-order valence-corrected chi connectivity index (χ4v) is 2.78. The van der Waals surface area contributed by atoms with E-state index in [1.807, 2.05) is 36.0 Å². The second kappa shape index (κ2) is 5.32. The van der Waals surface area contributed by atoms with Gasteiger partial charge in [0.25, 0.3) is 0 Å². The van der Waals surface area contributed by atoms with E-state index in [1.165, 1.54) is 0 Å². The molecule has 2 aromatic rings. The maximum absolute atomic E-state index is 11.0. The van der Waals surface area contributed by atoms with Crippen LogP contribution in [0, 0.1) is 0 Å². The molecule has 0 saturated carbocycles. The second-order valence-electron chi connectivity index (χ2n) is 4.71. The van der Waals surface area contributed by atoms with E-state index in [9.17, 15) is 8.42 Å². The topological polar surface area (TPSA) is 85.3 Å². The van der Waals surface area contributed by atoms with Crippen LogP contribution >= 0.6 is 0 Å². The number of primary sulfonamides is 1. The molecule has 0 atom stereocenters. The highest BCUT2D eigenvalue weighted by Crippen LogP contribution is 2.22. The number of sulfonamides is 1. The summed E-state index contributed by atoms with van der Waals surface area (Å²) in [7, 11) is -1.48. The first-order valence-electron chi connectivity index (χ1n) is 6.09. The van der Waals surface area contributed by atoms with Crippen molar-refractivity contribution in [3.05, 3.63) is 35.5 Å². The summed E-state index contributed by atoms with van der Waals surface area (Å²) >= 11 is 0. The molecule has 5 nitrogen and oxygen atoms in total. The van der Waals surface area contributed by atoms with Crippen LogP contribution in [0.15, 0.2) is 24.4 Å². The molecule has 0 aliphatic heterocycles. The molecule has 0 unspecified atom stereocenters. The molecule has 0 fully saturated rings. The molecule has 2 rings (SSSR count). The molecule has 6 heteroatoms. The van der Waals surface area contributed by atoms with Gasteiger partial charge in [-0.15, -0.1) is 0 Å². The largest absolute Gasteiger partial charge is 0.396 e. The molecule has 0 aliphatic carbocycles. The van der Waals surface area contributed by atoms with E-state index in [0.29, 0.717) is 12.8 Å². The summed E-state index contributed by atoms with van der Waals surface area (Å²) in [6.45, 7) is 0.0977. The monoisotopic (exact) mass is 282 g/mol. The Morgan fingerprint density at radius 3 is 2.68 bits per heavy atom. The lowest BCUT2D eigenvalue weighted by atomic mass is 10.1. The lowest BCUT2D eigenvalue weighted by molar-refractivity contribution is 0.300. The van der Waals surface area contributed by atoms with Crippen LogP contribution in [0.5, 0.6) is 0 Å². The highest BCUT2D eigenvalue weighted by molar-refractivity contribution is 7.89. The molecular weight excluding hydrogens is 264 g/mol. The Kier molecular flexibility index (Phi) is 3.93. The van der Waals surface area contributed by atoms with Gasteiger partial charge in [-0.05, 0) is 36.1 Å². The number of aromatic nitrogens is 1. The quantitative estimate of drug-likeness (QED) is 0.839. The third kappa shape index (κ3) is 3.34. The number of aliphatic hydroxyl groups excluding tert-OH is 1. The molecule has 1 heterocycles. The average molecular weight is 282 g/mol. The number of benzene rings is 1. The number of aryl methyl sites for hydroxylation is 2. The van der Waals surface area contributed by atoms with E-state index in [0.717, 1.165) is 22.0 Å². The van der Waals surface area contributed by atoms with E-state index in [2.05, 4.69) is 0 Å². The van der Waals surface area contributed by atoms with E-state index in [-0.39, 0.29) is 12.4 Å². The number of nitrogens with zero attached hydrogens (tertiary/aromatic N) is 1. The summed E-state index contributed by atoms with van der Waals surface area (Å²) in [4.78, 5) is 0. The summed E-state index contributed by atoms with van der Waals surface area (Å²) in [5, 5.41) is 15.1. The molecule has 19 heavy (non-hydrogen) atoms. The Bertz CT molecular complexity index is 689. The lowest BCUT2D eigenvalue weighted by Crippen LogP contribution is -2.17.